The van der Waals surface area contributed by atoms with Crippen molar-refractivity contribution in [2.45, 2.75) is 45.1 Å². The second kappa shape index (κ2) is 6.61. The summed E-state index contributed by atoms with van der Waals surface area (Å²) in [6.45, 7) is 2.26. The molecule has 0 radical (unpaired) electrons. The van der Waals surface area contributed by atoms with Crippen molar-refractivity contribution < 1.29 is 9.90 Å². The van der Waals surface area contributed by atoms with E-state index in [0.29, 0.717) is 11.6 Å². The standard InChI is InChI=1S/C16H22BrNO2/c1-3-11-4-7-13(8-5-11)18(2)15-10-12(17)6-9-14(15)16(19)20/h6,9-11,13H,3-5,7-8H2,1-2H3,(H,19,20). The first kappa shape index (κ1) is 15.4. The highest BCUT2D eigenvalue weighted by atomic mass is 79.9. The van der Waals surface area contributed by atoms with Gasteiger partial charge in [-0.2, -0.15) is 0 Å². The van der Waals surface area contributed by atoms with E-state index in [1.54, 1.807) is 12.1 Å². The highest BCUT2D eigenvalue weighted by Gasteiger charge is 2.25. The van der Waals surface area contributed by atoms with Crippen LogP contribution in [0.25, 0.3) is 0 Å². The van der Waals surface area contributed by atoms with Crippen LogP contribution in [-0.4, -0.2) is 24.2 Å². The van der Waals surface area contributed by atoms with Crippen molar-refractivity contribution >= 4 is 27.6 Å². The lowest BCUT2D eigenvalue weighted by molar-refractivity contribution is 0.0697. The lowest BCUT2D eigenvalue weighted by Crippen LogP contribution is -2.36. The maximum atomic E-state index is 11.4. The van der Waals surface area contributed by atoms with Gasteiger partial charge in [0.25, 0.3) is 0 Å². The first-order valence-corrected chi connectivity index (χ1v) is 8.08. The van der Waals surface area contributed by atoms with Crippen LogP contribution < -0.4 is 4.90 Å². The zero-order chi connectivity index (χ0) is 14.7. The van der Waals surface area contributed by atoms with E-state index in [-0.39, 0.29) is 0 Å². The van der Waals surface area contributed by atoms with Crippen LogP contribution in [0.2, 0.25) is 0 Å². The summed E-state index contributed by atoms with van der Waals surface area (Å²) >= 11 is 3.44. The molecule has 0 aliphatic heterocycles. The summed E-state index contributed by atoms with van der Waals surface area (Å²) < 4.78 is 0.923. The smallest absolute Gasteiger partial charge is 0.337 e. The number of benzene rings is 1. The average Bonchev–Trinajstić information content (AvgIpc) is 2.46. The largest absolute Gasteiger partial charge is 0.478 e. The van der Waals surface area contributed by atoms with Crippen molar-refractivity contribution in [1.29, 1.82) is 0 Å². The molecule has 1 fully saturated rings. The minimum atomic E-state index is -0.860. The van der Waals surface area contributed by atoms with Gasteiger partial charge in [0.1, 0.15) is 0 Å². The molecule has 1 aromatic carbocycles. The van der Waals surface area contributed by atoms with E-state index in [9.17, 15) is 9.90 Å². The summed E-state index contributed by atoms with van der Waals surface area (Å²) in [6, 6.07) is 5.82. The lowest BCUT2D eigenvalue weighted by Gasteiger charge is -2.36. The van der Waals surface area contributed by atoms with Gasteiger partial charge in [-0.1, -0.05) is 29.3 Å². The Morgan fingerprint density at radius 2 is 2.00 bits per heavy atom. The molecular formula is C16H22BrNO2. The van der Waals surface area contributed by atoms with Gasteiger partial charge in [0.15, 0.2) is 0 Å². The zero-order valence-electron chi connectivity index (χ0n) is 12.1. The van der Waals surface area contributed by atoms with Crippen molar-refractivity contribution in [2.24, 2.45) is 5.92 Å². The summed E-state index contributed by atoms with van der Waals surface area (Å²) in [7, 11) is 2.02. The molecule has 0 amide bonds. The predicted molar refractivity (Wildman–Crippen MR) is 85.5 cm³/mol. The number of hydrogen-bond acceptors (Lipinski definition) is 2. The summed E-state index contributed by atoms with van der Waals surface area (Å²) in [5.41, 5.74) is 1.19. The lowest BCUT2D eigenvalue weighted by atomic mass is 9.84. The fourth-order valence-corrected chi connectivity index (χ4v) is 3.46. The van der Waals surface area contributed by atoms with Gasteiger partial charge in [0, 0.05) is 17.6 Å². The van der Waals surface area contributed by atoms with E-state index >= 15 is 0 Å². The van der Waals surface area contributed by atoms with E-state index in [4.69, 9.17) is 0 Å². The summed E-state index contributed by atoms with van der Waals surface area (Å²) in [6.07, 6.45) is 6.07. The van der Waals surface area contributed by atoms with Crippen molar-refractivity contribution in [2.75, 3.05) is 11.9 Å². The predicted octanol–water partition coefficient (Wildman–Crippen LogP) is 4.55. The van der Waals surface area contributed by atoms with Crippen molar-refractivity contribution in [1.82, 2.24) is 0 Å². The molecule has 0 heterocycles. The summed E-state index contributed by atoms with van der Waals surface area (Å²) in [5, 5.41) is 9.34. The number of carbonyl (C=O) groups is 1. The number of hydrogen-bond donors (Lipinski definition) is 1. The number of anilines is 1. The molecule has 1 saturated carbocycles. The van der Waals surface area contributed by atoms with Crippen LogP contribution in [0.15, 0.2) is 22.7 Å². The molecule has 0 saturated heterocycles. The minimum absolute atomic E-state index is 0.383. The third-order valence-corrected chi connectivity index (χ3v) is 5.00. The first-order valence-electron chi connectivity index (χ1n) is 7.28. The maximum absolute atomic E-state index is 11.4. The van der Waals surface area contributed by atoms with Gasteiger partial charge in [-0.05, 0) is 49.8 Å². The second-order valence-corrected chi connectivity index (χ2v) is 6.58. The minimum Gasteiger partial charge on any atom is -0.478 e. The van der Waals surface area contributed by atoms with Crippen molar-refractivity contribution in [3.8, 4) is 0 Å². The molecule has 110 valence electrons. The van der Waals surface area contributed by atoms with E-state index in [1.807, 2.05) is 13.1 Å². The normalized spacial score (nSPS) is 22.6. The second-order valence-electron chi connectivity index (χ2n) is 5.66. The molecule has 4 heteroatoms. The molecular weight excluding hydrogens is 318 g/mol. The number of rotatable bonds is 4. The molecule has 0 atom stereocenters. The SMILES string of the molecule is CCC1CCC(N(C)c2cc(Br)ccc2C(=O)O)CC1. The quantitative estimate of drug-likeness (QED) is 0.874. The third-order valence-electron chi connectivity index (χ3n) is 4.51. The molecule has 1 aromatic rings. The fourth-order valence-electron chi connectivity index (χ4n) is 3.11. The van der Waals surface area contributed by atoms with Crippen LogP contribution in [0.3, 0.4) is 0 Å². The summed E-state index contributed by atoms with van der Waals surface area (Å²) in [5.74, 6) is -0.0114. The Labute approximate surface area is 129 Å². The number of carboxylic acid groups (broad SMARTS) is 1. The monoisotopic (exact) mass is 339 g/mol. The highest BCUT2D eigenvalue weighted by Crippen LogP contribution is 2.33. The van der Waals surface area contributed by atoms with Crippen LogP contribution in [0.5, 0.6) is 0 Å². The van der Waals surface area contributed by atoms with Gasteiger partial charge in [-0.25, -0.2) is 4.79 Å². The number of halogens is 1. The maximum Gasteiger partial charge on any atom is 0.337 e. The molecule has 1 aliphatic carbocycles. The van der Waals surface area contributed by atoms with Crippen molar-refractivity contribution in [3.05, 3.63) is 28.2 Å². The molecule has 1 aliphatic rings. The Hall–Kier alpha value is -1.03. The van der Waals surface area contributed by atoms with E-state index in [2.05, 4.69) is 27.8 Å². The Morgan fingerprint density at radius 1 is 1.35 bits per heavy atom. The average molecular weight is 340 g/mol. The Kier molecular flexibility index (Phi) is 5.08. The number of aromatic carboxylic acids is 1. The highest BCUT2D eigenvalue weighted by molar-refractivity contribution is 9.10. The molecule has 0 spiro atoms. The topological polar surface area (TPSA) is 40.5 Å². The van der Waals surface area contributed by atoms with E-state index in [1.165, 1.54) is 19.3 Å². The first-order chi connectivity index (χ1) is 9.52. The van der Waals surface area contributed by atoms with E-state index in [0.717, 1.165) is 28.9 Å². The van der Waals surface area contributed by atoms with Crippen LogP contribution >= 0.6 is 15.9 Å². The Balaban J connectivity index is 2.18. The molecule has 3 nitrogen and oxygen atoms in total. The zero-order valence-corrected chi connectivity index (χ0v) is 13.7. The Morgan fingerprint density at radius 3 is 2.55 bits per heavy atom. The third kappa shape index (κ3) is 3.35. The fraction of sp³-hybridized carbons (Fsp3) is 0.562. The van der Waals surface area contributed by atoms with Crippen LogP contribution in [0.1, 0.15) is 49.4 Å². The van der Waals surface area contributed by atoms with Crippen LogP contribution in [-0.2, 0) is 0 Å². The molecule has 0 unspecified atom stereocenters. The number of nitrogens with zero attached hydrogens (tertiary/aromatic N) is 1. The summed E-state index contributed by atoms with van der Waals surface area (Å²) in [4.78, 5) is 13.5. The van der Waals surface area contributed by atoms with Gasteiger partial charge in [0.2, 0.25) is 0 Å². The Bertz CT molecular complexity index is 481. The molecule has 2 rings (SSSR count). The van der Waals surface area contributed by atoms with Gasteiger partial charge in [-0.3, -0.25) is 0 Å². The van der Waals surface area contributed by atoms with Gasteiger partial charge in [-0.15, -0.1) is 0 Å². The van der Waals surface area contributed by atoms with E-state index < -0.39 is 5.97 Å². The number of carboxylic acids is 1. The molecule has 0 aromatic heterocycles. The molecule has 0 bridgehead atoms. The van der Waals surface area contributed by atoms with Gasteiger partial charge >= 0.3 is 5.97 Å². The van der Waals surface area contributed by atoms with Crippen molar-refractivity contribution in [3.63, 3.8) is 0 Å². The van der Waals surface area contributed by atoms with Crippen LogP contribution in [0, 0.1) is 5.92 Å². The van der Waals surface area contributed by atoms with Crippen LogP contribution in [0.4, 0.5) is 5.69 Å². The van der Waals surface area contributed by atoms with Gasteiger partial charge < -0.3 is 10.0 Å². The molecule has 20 heavy (non-hydrogen) atoms. The van der Waals surface area contributed by atoms with Gasteiger partial charge in [0.05, 0.1) is 11.3 Å². The molecule has 1 N–H and O–H groups in total.